The van der Waals surface area contributed by atoms with Crippen LogP contribution in [0.4, 0.5) is 5.69 Å². The number of benzene rings is 1. The lowest BCUT2D eigenvalue weighted by Crippen LogP contribution is -2.32. The molecule has 1 N–H and O–H groups in total. The molecule has 1 aromatic carbocycles. The predicted octanol–water partition coefficient (Wildman–Crippen LogP) is 3.93. The molecule has 140 valence electrons. The fraction of sp³-hybridized carbons (Fsp3) is 0.632. The summed E-state index contributed by atoms with van der Waals surface area (Å²) in [5, 5.41) is 2.88. The van der Waals surface area contributed by atoms with Gasteiger partial charge in [0.25, 0.3) is 0 Å². The number of carbonyl (C=O) groups excluding carboxylic acids is 1. The molecule has 5 nitrogen and oxygen atoms in total. The number of aryl methyl sites for hydroxylation is 1. The van der Waals surface area contributed by atoms with E-state index in [4.69, 9.17) is 0 Å². The highest BCUT2D eigenvalue weighted by atomic mass is 32.2. The van der Waals surface area contributed by atoms with E-state index in [0.29, 0.717) is 29.2 Å². The molecule has 0 radical (unpaired) electrons. The van der Waals surface area contributed by atoms with Gasteiger partial charge in [-0.25, -0.2) is 8.42 Å². The molecular weight excluding hydrogens is 336 g/mol. The number of amides is 1. The molecule has 0 aliphatic carbocycles. The Balaban J connectivity index is 2.27. The van der Waals surface area contributed by atoms with Crippen molar-refractivity contribution in [3.8, 4) is 0 Å². The fourth-order valence-corrected chi connectivity index (χ4v) is 5.05. The molecule has 0 saturated carbocycles. The number of rotatable bonds is 6. The van der Waals surface area contributed by atoms with Gasteiger partial charge in [-0.05, 0) is 50.3 Å². The SMILES string of the molecule is CCC(CC)C(=O)Nc1ccc(C)c(S(=O)(=O)N2CCCCCC2)c1. The van der Waals surface area contributed by atoms with Crippen molar-refractivity contribution in [2.75, 3.05) is 18.4 Å². The molecule has 1 amide bonds. The van der Waals surface area contributed by atoms with Crippen LogP contribution in [0.3, 0.4) is 0 Å². The van der Waals surface area contributed by atoms with Crippen LogP contribution in [0.15, 0.2) is 23.1 Å². The van der Waals surface area contributed by atoms with Gasteiger partial charge in [0, 0.05) is 24.7 Å². The van der Waals surface area contributed by atoms with E-state index >= 15 is 0 Å². The van der Waals surface area contributed by atoms with Gasteiger partial charge in [-0.1, -0.05) is 32.8 Å². The van der Waals surface area contributed by atoms with Crippen LogP contribution in [0.1, 0.15) is 57.9 Å². The highest BCUT2D eigenvalue weighted by Gasteiger charge is 2.27. The first kappa shape index (κ1) is 19.9. The second-order valence-electron chi connectivity index (χ2n) is 6.80. The molecule has 1 aliphatic rings. The maximum Gasteiger partial charge on any atom is 0.243 e. The minimum absolute atomic E-state index is 0.0491. The number of nitrogens with zero attached hydrogens (tertiary/aromatic N) is 1. The topological polar surface area (TPSA) is 66.5 Å². The molecular formula is C19H30N2O3S. The van der Waals surface area contributed by atoms with Crippen LogP contribution >= 0.6 is 0 Å². The van der Waals surface area contributed by atoms with E-state index < -0.39 is 10.0 Å². The largest absolute Gasteiger partial charge is 0.326 e. The maximum atomic E-state index is 13.1. The van der Waals surface area contributed by atoms with E-state index in [0.717, 1.165) is 38.5 Å². The van der Waals surface area contributed by atoms with E-state index in [1.54, 1.807) is 29.4 Å². The molecule has 6 heteroatoms. The standard InChI is InChI=1S/C19H30N2O3S/c1-4-16(5-2)19(22)20-17-11-10-15(3)18(14-17)25(23,24)21-12-8-6-7-9-13-21/h10-11,14,16H,4-9,12-13H2,1-3H3,(H,20,22). The number of carbonyl (C=O) groups is 1. The Morgan fingerprint density at radius 2 is 1.72 bits per heavy atom. The Labute approximate surface area is 151 Å². The Morgan fingerprint density at radius 3 is 2.28 bits per heavy atom. The van der Waals surface area contributed by atoms with Crippen molar-refractivity contribution in [1.29, 1.82) is 0 Å². The average Bonchev–Trinajstić information content (AvgIpc) is 2.87. The van der Waals surface area contributed by atoms with E-state index in [1.807, 2.05) is 13.8 Å². The van der Waals surface area contributed by atoms with E-state index in [9.17, 15) is 13.2 Å². The first-order valence-corrected chi connectivity index (χ1v) is 10.8. The van der Waals surface area contributed by atoms with Crippen LogP contribution in [-0.4, -0.2) is 31.7 Å². The van der Waals surface area contributed by atoms with Crippen molar-refractivity contribution >= 4 is 21.6 Å². The highest BCUT2D eigenvalue weighted by Crippen LogP contribution is 2.26. The third kappa shape index (κ3) is 4.82. The fourth-order valence-electron chi connectivity index (χ4n) is 3.28. The quantitative estimate of drug-likeness (QED) is 0.829. The summed E-state index contributed by atoms with van der Waals surface area (Å²) in [6.07, 6.45) is 5.51. The average molecular weight is 367 g/mol. The summed E-state index contributed by atoms with van der Waals surface area (Å²) in [6, 6.07) is 5.15. The van der Waals surface area contributed by atoms with Crippen molar-refractivity contribution in [1.82, 2.24) is 4.31 Å². The molecule has 0 spiro atoms. The van der Waals surface area contributed by atoms with Gasteiger partial charge in [-0.3, -0.25) is 4.79 Å². The van der Waals surface area contributed by atoms with Gasteiger partial charge in [-0.2, -0.15) is 4.31 Å². The minimum Gasteiger partial charge on any atom is -0.326 e. The second-order valence-corrected chi connectivity index (χ2v) is 8.71. The number of sulfonamides is 1. The van der Waals surface area contributed by atoms with Crippen molar-refractivity contribution in [3.05, 3.63) is 23.8 Å². The van der Waals surface area contributed by atoms with Gasteiger partial charge >= 0.3 is 0 Å². The molecule has 1 saturated heterocycles. The third-order valence-electron chi connectivity index (χ3n) is 4.99. The van der Waals surface area contributed by atoms with E-state index in [1.165, 1.54) is 0 Å². The molecule has 1 heterocycles. The Hall–Kier alpha value is -1.40. The molecule has 1 aliphatic heterocycles. The summed E-state index contributed by atoms with van der Waals surface area (Å²) < 4.78 is 27.7. The van der Waals surface area contributed by atoms with Crippen LogP contribution in [0.2, 0.25) is 0 Å². The van der Waals surface area contributed by atoms with Crippen molar-refractivity contribution in [2.45, 2.75) is 64.2 Å². The summed E-state index contributed by atoms with van der Waals surface area (Å²) in [6.45, 7) is 6.92. The van der Waals surface area contributed by atoms with Crippen molar-refractivity contribution in [2.24, 2.45) is 5.92 Å². The maximum absolute atomic E-state index is 13.1. The molecule has 1 aromatic rings. The normalized spacial score (nSPS) is 16.6. The zero-order valence-corrected chi connectivity index (χ0v) is 16.4. The van der Waals surface area contributed by atoms with Crippen LogP contribution in [-0.2, 0) is 14.8 Å². The Bertz CT molecular complexity index is 689. The van der Waals surface area contributed by atoms with E-state index in [2.05, 4.69) is 5.32 Å². The lowest BCUT2D eigenvalue weighted by atomic mass is 10.0. The Morgan fingerprint density at radius 1 is 1.12 bits per heavy atom. The van der Waals surface area contributed by atoms with Gasteiger partial charge in [0.15, 0.2) is 0 Å². The molecule has 2 rings (SSSR count). The number of anilines is 1. The summed E-state index contributed by atoms with van der Waals surface area (Å²) in [5.41, 5.74) is 1.26. The number of nitrogens with one attached hydrogen (secondary N) is 1. The molecule has 0 unspecified atom stereocenters. The third-order valence-corrected chi connectivity index (χ3v) is 7.04. The lowest BCUT2D eigenvalue weighted by molar-refractivity contribution is -0.120. The van der Waals surface area contributed by atoms with Crippen LogP contribution in [0, 0.1) is 12.8 Å². The second kappa shape index (κ2) is 8.81. The van der Waals surface area contributed by atoms with Gasteiger partial charge in [0.2, 0.25) is 15.9 Å². The van der Waals surface area contributed by atoms with Crippen LogP contribution < -0.4 is 5.32 Å². The van der Waals surface area contributed by atoms with Gasteiger partial charge in [0.05, 0.1) is 4.90 Å². The first-order chi connectivity index (χ1) is 11.9. The summed E-state index contributed by atoms with van der Waals surface area (Å²) in [5.74, 6) is -0.0982. The van der Waals surface area contributed by atoms with E-state index in [-0.39, 0.29) is 11.8 Å². The summed E-state index contributed by atoms with van der Waals surface area (Å²) >= 11 is 0. The molecule has 0 aromatic heterocycles. The van der Waals surface area contributed by atoms with Gasteiger partial charge in [0.1, 0.15) is 0 Å². The smallest absolute Gasteiger partial charge is 0.243 e. The highest BCUT2D eigenvalue weighted by molar-refractivity contribution is 7.89. The van der Waals surface area contributed by atoms with Crippen molar-refractivity contribution < 1.29 is 13.2 Å². The minimum atomic E-state index is -3.52. The molecule has 25 heavy (non-hydrogen) atoms. The lowest BCUT2D eigenvalue weighted by Gasteiger charge is -2.22. The van der Waals surface area contributed by atoms with Crippen LogP contribution in [0.5, 0.6) is 0 Å². The zero-order chi connectivity index (χ0) is 18.4. The van der Waals surface area contributed by atoms with Gasteiger partial charge in [-0.15, -0.1) is 0 Å². The monoisotopic (exact) mass is 366 g/mol. The zero-order valence-electron chi connectivity index (χ0n) is 15.5. The van der Waals surface area contributed by atoms with Crippen LogP contribution in [0.25, 0.3) is 0 Å². The number of hydrogen-bond donors (Lipinski definition) is 1. The molecule has 1 fully saturated rings. The molecule has 0 bridgehead atoms. The van der Waals surface area contributed by atoms with Crippen molar-refractivity contribution in [3.63, 3.8) is 0 Å². The predicted molar refractivity (Wildman–Crippen MR) is 101 cm³/mol. The summed E-state index contributed by atoms with van der Waals surface area (Å²) in [4.78, 5) is 12.6. The van der Waals surface area contributed by atoms with Gasteiger partial charge < -0.3 is 5.32 Å². The summed E-state index contributed by atoms with van der Waals surface area (Å²) in [7, 11) is -3.52. The Kier molecular flexibility index (Phi) is 7.02. The molecule has 0 atom stereocenters. The number of hydrogen-bond acceptors (Lipinski definition) is 3. The first-order valence-electron chi connectivity index (χ1n) is 9.31.